The van der Waals surface area contributed by atoms with E-state index in [0.29, 0.717) is 0 Å². The van der Waals surface area contributed by atoms with Gasteiger partial charge in [-0.15, -0.1) is 6.58 Å². The van der Waals surface area contributed by atoms with Crippen LogP contribution in [-0.2, 0) is 9.53 Å². The van der Waals surface area contributed by atoms with Gasteiger partial charge in [0, 0.05) is 13.3 Å². The van der Waals surface area contributed by atoms with Crippen molar-refractivity contribution in [2.75, 3.05) is 0 Å². The van der Waals surface area contributed by atoms with Crippen molar-refractivity contribution in [2.24, 2.45) is 0 Å². The van der Waals surface area contributed by atoms with E-state index in [1.165, 1.54) is 90.4 Å². The van der Waals surface area contributed by atoms with Gasteiger partial charge in [-0.1, -0.05) is 83.6 Å². The molecule has 2 nitrogen and oxygen atoms in total. The number of hydrogen-bond donors (Lipinski definition) is 0. The van der Waals surface area contributed by atoms with Gasteiger partial charge in [-0.2, -0.15) is 0 Å². The fourth-order valence-corrected chi connectivity index (χ4v) is 3.22. The molecule has 0 unspecified atom stereocenters. The first-order valence-corrected chi connectivity index (χ1v) is 11.2. The van der Waals surface area contributed by atoms with E-state index in [-0.39, 0.29) is 5.97 Å². The number of hydrogen-bond acceptors (Lipinski definition) is 2. The maximum atomic E-state index is 11.3. The van der Waals surface area contributed by atoms with Crippen LogP contribution < -0.4 is 0 Å². The monoisotopic (exact) mass is 364 g/mol. The lowest BCUT2D eigenvalue weighted by atomic mass is 10.1. The Balaban J connectivity index is 3.74. The number of ether oxygens (including phenoxy) is 1. The minimum Gasteiger partial charge on any atom is -0.432 e. The summed E-state index contributed by atoms with van der Waals surface area (Å²) in [6, 6.07) is 0. The Hall–Kier alpha value is -1.05. The summed E-state index contributed by atoms with van der Waals surface area (Å²) in [5, 5.41) is 0. The summed E-state index contributed by atoms with van der Waals surface area (Å²) < 4.78 is 5.39. The van der Waals surface area contributed by atoms with Crippen molar-refractivity contribution in [3.8, 4) is 0 Å². The van der Waals surface area contributed by atoms with Gasteiger partial charge in [0.25, 0.3) is 0 Å². The predicted octanol–water partition coefficient (Wildman–Crippen LogP) is 8.27. The summed E-state index contributed by atoms with van der Waals surface area (Å²) in [6.45, 7) is 7.52. The van der Waals surface area contributed by atoms with E-state index in [0.717, 1.165) is 31.4 Å². The largest absolute Gasteiger partial charge is 0.432 e. The highest BCUT2D eigenvalue weighted by molar-refractivity contribution is 5.67. The Morgan fingerprint density at radius 2 is 1.27 bits per heavy atom. The van der Waals surface area contributed by atoms with Gasteiger partial charge in [-0.3, -0.25) is 4.79 Å². The molecule has 0 rings (SSSR count). The lowest BCUT2D eigenvalue weighted by Gasteiger charge is -2.08. The SMILES string of the molecule is C=CCCCCCCCCC(=CCCCCCCCCCC)OC(C)=O. The van der Waals surface area contributed by atoms with Crippen LogP contribution >= 0.6 is 0 Å². The van der Waals surface area contributed by atoms with E-state index in [9.17, 15) is 4.79 Å². The molecular weight excluding hydrogens is 320 g/mol. The average molecular weight is 365 g/mol. The molecule has 0 aliphatic rings. The van der Waals surface area contributed by atoms with Gasteiger partial charge in [0.1, 0.15) is 5.76 Å². The van der Waals surface area contributed by atoms with Crippen LogP contribution in [0.1, 0.15) is 123 Å². The molecule has 0 radical (unpaired) electrons. The smallest absolute Gasteiger partial charge is 0.307 e. The van der Waals surface area contributed by atoms with Crippen molar-refractivity contribution in [1.29, 1.82) is 0 Å². The van der Waals surface area contributed by atoms with Gasteiger partial charge < -0.3 is 4.74 Å². The van der Waals surface area contributed by atoms with Crippen molar-refractivity contribution in [1.82, 2.24) is 0 Å². The molecular formula is C24H44O2. The van der Waals surface area contributed by atoms with Gasteiger partial charge in [0.2, 0.25) is 0 Å². The first kappa shape index (κ1) is 24.9. The van der Waals surface area contributed by atoms with Gasteiger partial charge in [-0.05, 0) is 38.2 Å². The molecule has 0 amide bonds. The van der Waals surface area contributed by atoms with Crippen molar-refractivity contribution >= 4 is 5.97 Å². The molecule has 0 aliphatic carbocycles. The molecule has 0 bridgehead atoms. The van der Waals surface area contributed by atoms with Crippen molar-refractivity contribution < 1.29 is 9.53 Å². The van der Waals surface area contributed by atoms with Crippen LogP contribution in [0.4, 0.5) is 0 Å². The average Bonchev–Trinajstić information content (AvgIpc) is 2.61. The summed E-state index contributed by atoms with van der Waals surface area (Å²) in [6.07, 6.45) is 25.4. The molecule has 0 spiro atoms. The number of unbranched alkanes of at least 4 members (excludes halogenated alkanes) is 14. The van der Waals surface area contributed by atoms with E-state index in [1.807, 2.05) is 6.08 Å². The van der Waals surface area contributed by atoms with Crippen LogP contribution in [0.15, 0.2) is 24.5 Å². The first-order chi connectivity index (χ1) is 12.7. The lowest BCUT2D eigenvalue weighted by molar-refractivity contribution is -0.137. The van der Waals surface area contributed by atoms with E-state index in [2.05, 4.69) is 19.6 Å². The molecule has 0 aliphatic heterocycles. The third kappa shape index (κ3) is 19.3. The predicted molar refractivity (Wildman–Crippen MR) is 114 cm³/mol. The second-order valence-electron chi connectivity index (χ2n) is 7.48. The van der Waals surface area contributed by atoms with Gasteiger partial charge >= 0.3 is 5.97 Å². The zero-order valence-corrected chi connectivity index (χ0v) is 17.7. The molecule has 0 saturated heterocycles. The Bertz CT molecular complexity index is 357. The fraction of sp³-hybridized carbons (Fsp3) is 0.792. The molecule has 0 saturated carbocycles. The van der Waals surface area contributed by atoms with Crippen LogP contribution in [0.5, 0.6) is 0 Å². The topological polar surface area (TPSA) is 26.3 Å². The Labute approximate surface area is 163 Å². The Morgan fingerprint density at radius 1 is 0.769 bits per heavy atom. The van der Waals surface area contributed by atoms with E-state index in [4.69, 9.17) is 4.74 Å². The standard InChI is InChI=1S/C24H44O2/c1-4-6-8-10-12-14-16-18-20-22-24(26-23(3)25)21-19-17-15-13-11-9-7-5-2/h5,22H,2,4,6-21H2,1,3H3. The summed E-state index contributed by atoms with van der Waals surface area (Å²) in [5.41, 5.74) is 0. The quantitative estimate of drug-likeness (QED) is 0.0997. The Morgan fingerprint density at radius 3 is 1.81 bits per heavy atom. The molecule has 0 heterocycles. The molecule has 0 aromatic rings. The fourth-order valence-electron chi connectivity index (χ4n) is 3.22. The van der Waals surface area contributed by atoms with Crippen LogP contribution in [0, 0.1) is 0 Å². The van der Waals surface area contributed by atoms with E-state index in [1.54, 1.807) is 0 Å². The third-order valence-electron chi connectivity index (χ3n) is 4.79. The highest BCUT2D eigenvalue weighted by Gasteiger charge is 2.03. The highest BCUT2D eigenvalue weighted by atomic mass is 16.5. The van der Waals surface area contributed by atoms with Crippen molar-refractivity contribution in [3.05, 3.63) is 24.5 Å². The number of rotatable bonds is 19. The zero-order valence-electron chi connectivity index (χ0n) is 17.7. The number of carbonyl (C=O) groups excluding carboxylic acids is 1. The van der Waals surface area contributed by atoms with Gasteiger partial charge in [0.15, 0.2) is 0 Å². The molecule has 0 atom stereocenters. The number of esters is 1. The second-order valence-corrected chi connectivity index (χ2v) is 7.48. The second kappa shape index (κ2) is 20.3. The Kier molecular flexibility index (Phi) is 19.4. The van der Waals surface area contributed by atoms with Gasteiger partial charge in [0.05, 0.1) is 0 Å². The third-order valence-corrected chi connectivity index (χ3v) is 4.79. The molecule has 0 N–H and O–H groups in total. The molecule has 0 aromatic carbocycles. The molecule has 152 valence electrons. The van der Waals surface area contributed by atoms with Crippen LogP contribution in [-0.4, -0.2) is 5.97 Å². The normalized spacial score (nSPS) is 11.5. The summed E-state index contributed by atoms with van der Waals surface area (Å²) >= 11 is 0. The number of allylic oxidation sites excluding steroid dienone is 3. The maximum Gasteiger partial charge on any atom is 0.307 e. The molecule has 26 heavy (non-hydrogen) atoms. The summed E-state index contributed by atoms with van der Waals surface area (Å²) in [5.74, 6) is 0.712. The molecule has 0 fully saturated rings. The summed E-state index contributed by atoms with van der Waals surface area (Å²) in [7, 11) is 0. The summed E-state index contributed by atoms with van der Waals surface area (Å²) in [4.78, 5) is 11.3. The first-order valence-electron chi connectivity index (χ1n) is 11.2. The van der Waals surface area contributed by atoms with Crippen LogP contribution in [0.2, 0.25) is 0 Å². The highest BCUT2D eigenvalue weighted by Crippen LogP contribution is 2.16. The van der Waals surface area contributed by atoms with Crippen LogP contribution in [0.3, 0.4) is 0 Å². The molecule has 2 heteroatoms. The molecule has 0 aromatic heterocycles. The van der Waals surface area contributed by atoms with Gasteiger partial charge in [-0.25, -0.2) is 0 Å². The zero-order chi connectivity index (χ0) is 19.3. The minimum absolute atomic E-state index is 0.184. The van der Waals surface area contributed by atoms with Crippen molar-refractivity contribution in [3.63, 3.8) is 0 Å². The minimum atomic E-state index is -0.184. The maximum absolute atomic E-state index is 11.3. The number of carbonyl (C=O) groups is 1. The van der Waals surface area contributed by atoms with Crippen molar-refractivity contribution in [2.45, 2.75) is 123 Å². The van der Waals surface area contributed by atoms with E-state index >= 15 is 0 Å². The van der Waals surface area contributed by atoms with Crippen LogP contribution in [0.25, 0.3) is 0 Å². The lowest BCUT2D eigenvalue weighted by Crippen LogP contribution is -1.99. The van der Waals surface area contributed by atoms with E-state index < -0.39 is 0 Å².